The van der Waals surface area contributed by atoms with Gasteiger partial charge in [-0.15, -0.1) is 0 Å². The van der Waals surface area contributed by atoms with E-state index >= 15 is 0 Å². The molecule has 0 saturated carbocycles. The number of ether oxygens (including phenoxy) is 1. The lowest BCUT2D eigenvalue weighted by Gasteiger charge is -2.33. The maximum Gasteiger partial charge on any atom is 0.407 e. The number of nitrogens with zero attached hydrogens (tertiary/aromatic N) is 1. The van der Waals surface area contributed by atoms with Gasteiger partial charge in [0, 0.05) is 19.6 Å². The second-order valence-corrected chi connectivity index (χ2v) is 6.44. The van der Waals surface area contributed by atoms with Crippen molar-refractivity contribution in [3.63, 3.8) is 0 Å². The minimum Gasteiger partial charge on any atom is -0.444 e. The third kappa shape index (κ3) is 5.77. The standard InChI is InChI=1S/C14H27N3O3/c1-10(15)12(18)17-7-5-11(6-8-17)9-16-13(19)20-14(2,3)4/h10-11H,5-9,15H2,1-4H3,(H,16,19). The Hall–Kier alpha value is -1.30. The van der Waals surface area contributed by atoms with Crippen LogP contribution in [0.25, 0.3) is 0 Å². The number of piperidine rings is 1. The molecule has 6 nitrogen and oxygen atoms in total. The highest BCUT2D eigenvalue weighted by molar-refractivity contribution is 5.81. The molecule has 0 radical (unpaired) electrons. The summed E-state index contributed by atoms with van der Waals surface area (Å²) in [7, 11) is 0. The molecule has 6 heteroatoms. The second-order valence-electron chi connectivity index (χ2n) is 6.44. The molecule has 1 fully saturated rings. The molecule has 1 saturated heterocycles. The normalized spacial score (nSPS) is 18.6. The van der Waals surface area contributed by atoms with Crippen molar-refractivity contribution in [1.82, 2.24) is 10.2 Å². The third-order valence-electron chi connectivity index (χ3n) is 3.25. The fourth-order valence-corrected chi connectivity index (χ4v) is 2.19. The van der Waals surface area contributed by atoms with Crippen molar-refractivity contribution < 1.29 is 14.3 Å². The SMILES string of the molecule is CC(N)C(=O)N1CCC(CNC(=O)OC(C)(C)C)CC1. The minimum atomic E-state index is -0.475. The first-order chi connectivity index (χ1) is 9.19. The average molecular weight is 285 g/mol. The Morgan fingerprint density at radius 3 is 2.35 bits per heavy atom. The summed E-state index contributed by atoms with van der Waals surface area (Å²) in [6.45, 7) is 9.23. The second kappa shape index (κ2) is 6.92. The van der Waals surface area contributed by atoms with E-state index in [1.54, 1.807) is 11.8 Å². The summed E-state index contributed by atoms with van der Waals surface area (Å²) in [5.41, 5.74) is 5.12. The molecule has 0 bridgehead atoms. The van der Waals surface area contributed by atoms with Crippen LogP contribution in [0, 0.1) is 5.92 Å². The lowest BCUT2D eigenvalue weighted by atomic mass is 9.96. The van der Waals surface area contributed by atoms with E-state index in [9.17, 15) is 9.59 Å². The van der Waals surface area contributed by atoms with Crippen molar-refractivity contribution in [2.45, 2.75) is 52.2 Å². The van der Waals surface area contributed by atoms with Crippen LogP contribution in [0.5, 0.6) is 0 Å². The van der Waals surface area contributed by atoms with Crippen molar-refractivity contribution in [1.29, 1.82) is 0 Å². The molecule has 1 aliphatic heterocycles. The van der Waals surface area contributed by atoms with Gasteiger partial charge >= 0.3 is 6.09 Å². The fourth-order valence-electron chi connectivity index (χ4n) is 2.19. The van der Waals surface area contributed by atoms with Crippen LogP contribution in [0.15, 0.2) is 0 Å². The van der Waals surface area contributed by atoms with E-state index in [0.29, 0.717) is 25.6 Å². The van der Waals surface area contributed by atoms with Crippen molar-refractivity contribution in [3.8, 4) is 0 Å². The number of rotatable bonds is 3. The molecule has 0 aromatic carbocycles. The zero-order valence-corrected chi connectivity index (χ0v) is 12.9. The van der Waals surface area contributed by atoms with Crippen LogP contribution >= 0.6 is 0 Å². The van der Waals surface area contributed by atoms with Crippen LogP contribution in [0.1, 0.15) is 40.5 Å². The zero-order valence-electron chi connectivity index (χ0n) is 12.9. The van der Waals surface area contributed by atoms with E-state index in [0.717, 1.165) is 12.8 Å². The Morgan fingerprint density at radius 2 is 1.90 bits per heavy atom. The summed E-state index contributed by atoms with van der Waals surface area (Å²) in [5, 5.41) is 2.79. The van der Waals surface area contributed by atoms with E-state index in [1.807, 2.05) is 20.8 Å². The van der Waals surface area contributed by atoms with E-state index in [1.165, 1.54) is 0 Å². The van der Waals surface area contributed by atoms with Gasteiger partial charge in [0.05, 0.1) is 6.04 Å². The number of nitrogens with two attached hydrogens (primary N) is 1. The summed E-state index contributed by atoms with van der Waals surface area (Å²) in [5.74, 6) is 0.392. The number of likely N-dealkylation sites (tertiary alicyclic amines) is 1. The van der Waals surface area contributed by atoms with Gasteiger partial charge in [-0.25, -0.2) is 4.79 Å². The first kappa shape index (κ1) is 16.8. The molecule has 20 heavy (non-hydrogen) atoms. The molecule has 1 atom stereocenters. The first-order valence-corrected chi connectivity index (χ1v) is 7.20. The first-order valence-electron chi connectivity index (χ1n) is 7.20. The molecular weight excluding hydrogens is 258 g/mol. The molecule has 0 aliphatic carbocycles. The van der Waals surface area contributed by atoms with Gasteiger partial charge in [0.1, 0.15) is 5.60 Å². The van der Waals surface area contributed by atoms with Crippen LogP contribution in [-0.2, 0) is 9.53 Å². The molecule has 0 spiro atoms. The topological polar surface area (TPSA) is 84.7 Å². The summed E-state index contributed by atoms with van der Waals surface area (Å²) in [6, 6.07) is -0.438. The van der Waals surface area contributed by atoms with Gasteiger partial charge in [-0.3, -0.25) is 4.79 Å². The van der Waals surface area contributed by atoms with Gasteiger partial charge in [-0.1, -0.05) is 0 Å². The Bertz CT molecular complexity index is 342. The van der Waals surface area contributed by atoms with Crippen molar-refractivity contribution >= 4 is 12.0 Å². The lowest BCUT2D eigenvalue weighted by molar-refractivity contribution is -0.133. The van der Waals surface area contributed by atoms with Crippen LogP contribution in [0.2, 0.25) is 0 Å². The Labute approximate surface area is 121 Å². The molecule has 2 amide bonds. The molecule has 0 aromatic heterocycles. The van der Waals surface area contributed by atoms with Crippen LogP contribution in [-0.4, -0.2) is 48.2 Å². The Kier molecular flexibility index (Phi) is 5.80. The van der Waals surface area contributed by atoms with Gasteiger partial charge in [0.2, 0.25) is 5.91 Å². The van der Waals surface area contributed by atoms with Crippen LogP contribution in [0.3, 0.4) is 0 Å². The van der Waals surface area contributed by atoms with E-state index in [-0.39, 0.29) is 12.0 Å². The number of nitrogens with one attached hydrogen (secondary N) is 1. The molecule has 116 valence electrons. The summed E-state index contributed by atoms with van der Waals surface area (Å²) < 4.78 is 5.19. The summed E-state index contributed by atoms with van der Waals surface area (Å²) >= 11 is 0. The molecule has 1 rings (SSSR count). The smallest absolute Gasteiger partial charge is 0.407 e. The van der Waals surface area contributed by atoms with Crippen LogP contribution < -0.4 is 11.1 Å². The molecule has 1 heterocycles. The molecule has 1 unspecified atom stereocenters. The van der Waals surface area contributed by atoms with Crippen molar-refractivity contribution in [2.75, 3.05) is 19.6 Å². The summed E-state index contributed by atoms with van der Waals surface area (Å²) in [6.07, 6.45) is 1.38. The van der Waals surface area contributed by atoms with E-state index in [2.05, 4.69) is 5.32 Å². The van der Waals surface area contributed by atoms with Gasteiger partial charge in [-0.2, -0.15) is 0 Å². The molecule has 3 N–H and O–H groups in total. The largest absolute Gasteiger partial charge is 0.444 e. The molecular formula is C14H27N3O3. The lowest BCUT2D eigenvalue weighted by Crippen LogP contribution is -2.47. The highest BCUT2D eigenvalue weighted by Gasteiger charge is 2.25. The molecule has 1 aliphatic rings. The maximum absolute atomic E-state index is 11.7. The summed E-state index contributed by atoms with van der Waals surface area (Å²) in [4.78, 5) is 25.1. The average Bonchev–Trinajstić information content (AvgIpc) is 2.34. The van der Waals surface area contributed by atoms with E-state index in [4.69, 9.17) is 10.5 Å². The number of hydrogen-bond donors (Lipinski definition) is 2. The quantitative estimate of drug-likeness (QED) is 0.813. The zero-order chi connectivity index (χ0) is 15.3. The predicted octanol–water partition coefficient (Wildman–Crippen LogP) is 1.10. The number of amides is 2. The number of hydrogen-bond acceptors (Lipinski definition) is 4. The number of carbonyl (C=O) groups excluding carboxylic acids is 2. The Balaban J connectivity index is 2.26. The predicted molar refractivity (Wildman–Crippen MR) is 77.2 cm³/mol. The highest BCUT2D eigenvalue weighted by Crippen LogP contribution is 2.17. The van der Waals surface area contributed by atoms with Gasteiger partial charge in [-0.05, 0) is 46.5 Å². The van der Waals surface area contributed by atoms with Gasteiger partial charge < -0.3 is 20.7 Å². The van der Waals surface area contributed by atoms with Crippen molar-refractivity contribution in [2.24, 2.45) is 11.7 Å². The minimum absolute atomic E-state index is 0.00329. The van der Waals surface area contributed by atoms with Crippen LogP contribution in [0.4, 0.5) is 4.79 Å². The monoisotopic (exact) mass is 285 g/mol. The number of alkyl carbamates (subject to hydrolysis) is 1. The Morgan fingerprint density at radius 1 is 1.35 bits per heavy atom. The third-order valence-corrected chi connectivity index (χ3v) is 3.25. The van der Waals surface area contributed by atoms with E-state index < -0.39 is 11.6 Å². The van der Waals surface area contributed by atoms with Gasteiger partial charge in [0.15, 0.2) is 0 Å². The maximum atomic E-state index is 11.7. The molecule has 0 aromatic rings. The van der Waals surface area contributed by atoms with Crippen molar-refractivity contribution in [3.05, 3.63) is 0 Å². The fraction of sp³-hybridized carbons (Fsp3) is 0.857. The van der Waals surface area contributed by atoms with Gasteiger partial charge in [0.25, 0.3) is 0 Å². The highest BCUT2D eigenvalue weighted by atomic mass is 16.6. The number of carbonyl (C=O) groups is 2.